The highest BCUT2D eigenvalue weighted by molar-refractivity contribution is 7.99. The zero-order chi connectivity index (χ0) is 19.3. The lowest BCUT2D eigenvalue weighted by Crippen LogP contribution is -2.30. The summed E-state index contributed by atoms with van der Waals surface area (Å²) in [6.45, 7) is 0.916. The van der Waals surface area contributed by atoms with Gasteiger partial charge in [-0.25, -0.2) is 4.39 Å². The Morgan fingerprint density at radius 3 is 2.86 bits per heavy atom. The summed E-state index contributed by atoms with van der Waals surface area (Å²) in [5.74, 6) is 0.909. The molecule has 1 aromatic carbocycles. The summed E-state index contributed by atoms with van der Waals surface area (Å²) in [5.41, 5.74) is 0.860. The molecule has 0 spiro atoms. The Bertz CT molecular complexity index is 924. The van der Waals surface area contributed by atoms with Gasteiger partial charge in [-0.05, 0) is 42.0 Å². The lowest BCUT2D eigenvalue weighted by atomic mass is 10.1. The number of aryl methyl sites for hydroxylation is 1. The molecule has 0 radical (unpaired) electrons. The lowest BCUT2D eigenvalue weighted by Gasteiger charge is -2.18. The highest BCUT2D eigenvalue weighted by atomic mass is 32.2. The summed E-state index contributed by atoms with van der Waals surface area (Å²) in [6.07, 6.45) is 4.41. The van der Waals surface area contributed by atoms with Gasteiger partial charge in [0.2, 0.25) is 5.91 Å². The van der Waals surface area contributed by atoms with E-state index < -0.39 is 0 Å². The van der Waals surface area contributed by atoms with Crippen LogP contribution < -0.4 is 5.32 Å². The summed E-state index contributed by atoms with van der Waals surface area (Å²) in [7, 11) is 0. The molecule has 0 unspecified atom stereocenters. The largest absolute Gasteiger partial charge is 0.344 e. The highest BCUT2D eigenvalue weighted by Gasteiger charge is 2.20. The van der Waals surface area contributed by atoms with E-state index in [1.165, 1.54) is 30.3 Å². The zero-order valence-electron chi connectivity index (χ0n) is 15.3. The number of thioether (sulfide) groups is 1. The Kier molecular flexibility index (Phi) is 6.07. The Balaban J connectivity index is 1.44. The number of halogens is 1. The van der Waals surface area contributed by atoms with Gasteiger partial charge in [0.05, 0.1) is 11.8 Å². The van der Waals surface area contributed by atoms with Gasteiger partial charge in [-0.1, -0.05) is 36.4 Å². The fourth-order valence-corrected chi connectivity index (χ4v) is 4.92. The molecule has 146 valence electrons. The van der Waals surface area contributed by atoms with E-state index in [9.17, 15) is 9.18 Å². The van der Waals surface area contributed by atoms with Gasteiger partial charge < -0.3 is 9.88 Å². The molecule has 0 saturated heterocycles. The Hall–Kier alpha value is -2.19. The van der Waals surface area contributed by atoms with Crippen LogP contribution in [-0.4, -0.2) is 26.4 Å². The molecule has 4 rings (SSSR count). The predicted molar refractivity (Wildman–Crippen MR) is 109 cm³/mol. The lowest BCUT2D eigenvalue weighted by molar-refractivity contribution is -0.119. The molecule has 1 aliphatic rings. The van der Waals surface area contributed by atoms with Crippen LogP contribution in [0.25, 0.3) is 0 Å². The molecule has 3 heterocycles. The third kappa shape index (κ3) is 4.44. The minimum absolute atomic E-state index is 0.0845. The average Bonchev–Trinajstić information content (AvgIpc) is 3.30. The quantitative estimate of drug-likeness (QED) is 0.612. The van der Waals surface area contributed by atoms with Crippen molar-refractivity contribution in [3.8, 4) is 0 Å². The van der Waals surface area contributed by atoms with Gasteiger partial charge in [0.15, 0.2) is 5.16 Å². The van der Waals surface area contributed by atoms with Crippen molar-refractivity contribution < 1.29 is 9.18 Å². The van der Waals surface area contributed by atoms with Crippen LogP contribution in [0, 0.1) is 5.82 Å². The third-order valence-electron chi connectivity index (χ3n) is 4.74. The van der Waals surface area contributed by atoms with E-state index in [1.54, 1.807) is 23.5 Å². The summed E-state index contributed by atoms with van der Waals surface area (Å²) in [6, 6.07) is 9.90. The molecule has 0 fully saturated rings. The maximum Gasteiger partial charge on any atom is 0.231 e. The highest BCUT2D eigenvalue weighted by Crippen LogP contribution is 2.27. The number of amides is 1. The van der Waals surface area contributed by atoms with Gasteiger partial charge in [-0.15, -0.1) is 21.5 Å². The molecular formula is C20H21FN4OS2. The first-order chi connectivity index (χ1) is 13.7. The number of thiophene rings is 1. The minimum Gasteiger partial charge on any atom is -0.344 e. The maximum atomic E-state index is 13.3. The first-order valence-corrected chi connectivity index (χ1v) is 11.2. The van der Waals surface area contributed by atoms with Crippen molar-refractivity contribution in [2.75, 3.05) is 5.75 Å². The van der Waals surface area contributed by atoms with Crippen molar-refractivity contribution >= 4 is 29.0 Å². The standard InChI is InChI=1S/C20H21FN4OS2/c21-15-9-7-14(8-10-15)19(16-5-4-12-27-16)22-18(26)13-28-20-24-23-17-6-2-1-3-11-25(17)20/h4-5,7-10,12,19H,1-3,6,11,13H2,(H,22,26)/t19-/m0/s1. The van der Waals surface area contributed by atoms with Gasteiger partial charge in [0, 0.05) is 17.8 Å². The molecule has 8 heteroatoms. The number of hydrogen-bond acceptors (Lipinski definition) is 5. The number of benzene rings is 1. The molecule has 5 nitrogen and oxygen atoms in total. The van der Waals surface area contributed by atoms with E-state index in [2.05, 4.69) is 20.1 Å². The topological polar surface area (TPSA) is 59.8 Å². The van der Waals surface area contributed by atoms with E-state index in [-0.39, 0.29) is 23.5 Å². The van der Waals surface area contributed by atoms with Crippen LogP contribution in [0.15, 0.2) is 46.9 Å². The van der Waals surface area contributed by atoms with Crippen molar-refractivity contribution in [3.05, 3.63) is 63.9 Å². The van der Waals surface area contributed by atoms with Crippen molar-refractivity contribution in [2.24, 2.45) is 0 Å². The van der Waals surface area contributed by atoms with Crippen LogP contribution in [0.2, 0.25) is 0 Å². The predicted octanol–water partition coefficient (Wildman–Crippen LogP) is 4.20. The van der Waals surface area contributed by atoms with Crippen LogP contribution in [-0.2, 0) is 17.8 Å². The second-order valence-corrected chi connectivity index (χ2v) is 8.64. The number of nitrogens with one attached hydrogen (secondary N) is 1. The number of rotatable bonds is 6. The Morgan fingerprint density at radius 1 is 1.21 bits per heavy atom. The van der Waals surface area contributed by atoms with Gasteiger partial charge in [-0.3, -0.25) is 4.79 Å². The molecule has 0 aliphatic carbocycles. The molecule has 0 saturated carbocycles. The van der Waals surface area contributed by atoms with E-state index >= 15 is 0 Å². The Morgan fingerprint density at radius 2 is 2.07 bits per heavy atom. The normalized spacial score (nSPS) is 14.9. The van der Waals surface area contributed by atoms with Crippen LogP contribution in [0.1, 0.15) is 41.6 Å². The van der Waals surface area contributed by atoms with Gasteiger partial charge in [0.25, 0.3) is 0 Å². The molecule has 1 amide bonds. The minimum atomic E-state index is -0.289. The number of aromatic nitrogens is 3. The number of fused-ring (bicyclic) bond motifs is 1. The second kappa shape index (κ2) is 8.87. The van der Waals surface area contributed by atoms with Crippen molar-refractivity contribution in [1.82, 2.24) is 20.1 Å². The van der Waals surface area contributed by atoms with E-state index in [4.69, 9.17) is 0 Å². The zero-order valence-corrected chi connectivity index (χ0v) is 16.9. The molecule has 2 aromatic heterocycles. The third-order valence-corrected chi connectivity index (χ3v) is 6.65. The van der Waals surface area contributed by atoms with Gasteiger partial charge >= 0.3 is 0 Å². The summed E-state index contributed by atoms with van der Waals surface area (Å²) in [5, 5.41) is 14.4. The van der Waals surface area contributed by atoms with Crippen molar-refractivity contribution in [3.63, 3.8) is 0 Å². The van der Waals surface area contributed by atoms with Crippen LogP contribution >= 0.6 is 23.1 Å². The summed E-state index contributed by atoms with van der Waals surface area (Å²) >= 11 is 2.98. The van der Waals surface area contributed by atoms with Crippen LogP contribution in [0.4, 0.5) is 4.39 Å². The molecule has 1 N–H and O–H groups in total. The number of carbonyl (C=O) groups excluding carboxylic acids is 1. The van der Waals surface area contributed by atoms with E-state index in [0.717, 1.165) is 47.2 Å². The Labute approximate surface area is 171 Å². The fraction of sp³-hybridized carbons (Fsp3) is 0.350. The van der Waals surface area contributed by atoms with Crippen molar-refractivity contribution in [2.45, 2.75) is 43.4 Å². The first-order valence-electron chi connectivity index (χ1n) is 9.34. The molecule has 1 atom stereocenters. The molecule has 1 aliphatic heterocycles. The fourth-order valence-electron chi connectivity index (χ4n) is 3.33. The monoisotopic (exact) mass is 416 g/mol. The second-order valence-electron chi connectivity index (χ2n) is 6.72. The first kappa shape index (κ1) is 19.1. The SMILES string of the molecule is O=C(CSc1nnc2n1CCCCC2)N[C@@H](c1ccc(F)cc1)c1cccs1. The number of hydrogen-bond donors (Lipinski definition) is 1. The molecule has 3 aromatic rings. The molecular weight excluding hydrogens is 395 g/mol. The number of carbonyl (C=O) groups is 1. The summed E-state index contributed by atoms with van der Waals surface area (Å²) in [4.78, 5) is 13.7. The van der Waals surface area contributed by atoms with Gasteiger partial charge in [-0.2, -0.15) is 0 Å². The maximum absolute atomic E-state index is 13.3. The number of nitrogens with zero attached hydrogens (tertiary/aromatic N) is 3. The van der Waals surface area contributed by atoms with Crippen LogP contribution in [0.3, 0.4) is 0 Å². The van der Waals surface area contributed by atoms with Crippen LogP contribution in [0.5, 0.6) is 0 Å². The summed E-state index contributed by atoms with van der Waals surface area (Å²) < 4.78 is 15.4. The smallest absolute Gasteiger partial charge is 0.231 e. The molecule has 0 bridgehead atoms. The average molecular weight is 417 g/mol. The van der Waals surface area contributed by atoms with Gasteiger partial charge in [0.1, 0.15) is 11.6 Å². The van der Waals surface area contributed by atoms with E-state index in [1.807, 2.05) is 17.5 Å². The van der Waals surface area contributed by atoms with E-state index in [0.29, 0.717) is 0 Å². The van der Waals surface area contributed by atoms with Crippen molar-refractivity contribution in [1.29, 1.82) is 0 Å². The molecule has 28 heavy (non-hydrogen) atoms.